The van der Waals surface area contributed by atoms with Crippen LogP contribution in [-0.2, 0) is 15.8 Å². The Bertz CT molecular complexity index is 632. The number of alkyl halides is 3. The highest BCUT2D eigenvalue weighted by atomic mass is 19.4. The van der Waals surface area contributed by atoms with E-state index in [9.17, 15) is 22.8 Å². The van der Waals surface area contributed by atoms with Crippen LogP contribution in [0.2, 0.25) is 0 Å². The van der Waals surface area contributed by atoms with E-state index in [0.717, 1.165) is 12.1 Å². The molecule has 3 atom stereocenters. The monoisotopic (exact) mass is 345 g/mol. The van der Waals surface area contributed by atoms with E-state index >= 15 is 0 Å². The Morgan fingerprint density at radius 1 is 1.33 bits per heavy atom. The van der Waals surface area contributed by atoms with Crippen LogP contribution in [0.15, 0.2) is 24.3 Å². The normalized spacial score (nSPS) is 22.3. The number of amides is 1. The summed E-state index contributed by atoms with van der Waals surface area (Å²) in [5, 5.41) is 9.09. The molecule has 1 aromatic carbocycles. The zero-order chi connectivity index (χ0) is 18.1. The van der Waals surface area contributed by atoms with Crippen molar-refractivity contribution in [3.8, 4) is 5.75 Å². The number of carbonyl (C=O) groups excluding carboxylic acids is 1. The Hall–Kier alpha value is -2.25. The Morgan fingerprint density at radius 3 is 2.50 bits per heavy atom. The lowest BCUT2D eigenvalue weighted by Crippen LogP contribution is -2.44. The van der Waals surface area contributed by atoms with Gasteiger partial charge in [-0.25, -0.2) is 0 Å². The summed E-state index contributed by atoms with van der Waals surface area (Å²) in [5.41, 5.74) is -0.956. The maximum atomic E-state index is 13.0. The topological polar surface area (TPSA) is 66.8 Å². The van der Waals surface area contributed by atoms with Crippen molar-refractivity contribution < 1.29 is 32.6 Å². The summed E-state index contributed by atoms with van der Waals surface area (Å²) in [5.74, 6) is -2.62. The molecule has 1 heterocycles. The summed E-state index contributed by atoms with van der Waals surface area (Å²) in [4.78, 5) is 24.9. The van der Waals surface area contributed by atoms with E-state index in [4.69, 9.17) is 9.84 Å². The molecule has 0 spiro atoms. The second-order valence-corrected chi connectivity index (χ2v) is 5.76. The molecular weight excluding hydrogens is 327 g/mol. The number of aliphatic carboxylic acids is 1. The third-order valence-electron chi connectivity index (χ3n) is 4.20. The van der Waals surface area contributed by atoms with E-state index in [1.807, 2.05) is 0 Å². The zero-order valence-electron chi connectivity index (χ0n) is 13.2. The number of carbonyl (C=O) groups is 2. The van der Waals surface area contributed by atoms with Crippen molar-refractivity contribution in [2.45, 2.75) is 38.6 Å². The first-order valence-electron chi connectivity index (χ1n) is 7.49. The van der Waals surface area contributed by atoms with Crippen LogP contribution in [-0.4, -0.2) is 40.6 Å². The first-order valence-corrected chi connectivity index (χ1v) is 7.49. The quantitative estimate of drug-likeness (QED) is 0.911. The van der Waals surface area contributed by atoms with Gasteiger partial charge in [0.25, 0.3) is 5.91 Å². The summed E-state index contributed by atoms with van der Waals surface area (Å²) in [6.45, 7) is 3.21. The minimum Gasteiger partial charge on any atom is -0.481 e. The number of hydrogen-bond donors (Lipinski definition) is 1. The average Bonchev–Trinajstić information content (AvgIpc) is 2.87. The predicted molar refractivity (Wildman–Crippen MR) is 78.5 cm³/mol. The number of carboxylic acids is 1. The van der Waals surface area contributed by atoms with Gasteiger partial charge in [0, 0.05) is 12.6 Å². The minimum atomic E-state index is -4.59. The SMILES string of the molecule is CC(Oc1ccccc1C(F)(F)F)C(=O)N1CCC(C(=O)O)C1C. The molecule has 0 aliphatic carbocycles. The summed E-state index contributed by atoms with van der Waals surface area (Å²) in [6, 6.07) is 4.13. The highest BCUT2D eigenvalue weighted by molar-refractivity contribution is 5.83. The molecule has 0 bridgehead atoms. The van der Waals surface area contributed by atoms with Gasteiger partial charge in [0.15, 0.2) is 6.10 Å². The molecule has 0 aromatic heterocycles. The average molecular weight is 345 g/mol. The molecule has 0 radical (unpaired) electrons. The van der Waals surface area contributed by atoms with Gasteiger partial charge in [-0.05, 0) is 32.4 Å². The van der Waals surface area contributed by atoms with Gasteiger partial charge >= 0.3 is 12.1 Å². The lowest BCUT2D eigenvalue weighted by molar-refractivity contribution is -0.146. The van der Waals surface area contributed by atoms with Crippen LogP contribution in [0, 0.1) is 5.92 Å². The van der Waals surface area contributed by atoms with Crippen LogP contribution in [0.3, 0.4) is 0 Å². The third kappa shape index (κ3) is 3.63. The van der Waals surface area contributed by atoms with Gasteiger partial charge in [0.2, 0.25) is 0 Å². The second-order valence-electron chi connectivity index (χ2n) is 5.76. The van der Waals surface area contributed by atoms with E-state index < -0.39 is 47.4 Å². The highest BCUT2D eigenvalue weighted by Gasteiger charge is 2.40. The van der Waals surface area contributed by atoms with Crippen molar-refractivity contribution in [1.29, 1.82) is 0 Å². The Labute approximate surface area is 137 Å². The summed E-state index contributed by atoms with van der Waals surface area (Å²) in [6.07, 6.45) is -5.42. The standard InChI is InChI=1S/C16H18F3NO4/c1-9-11(15(22)23)7-8-20(9)14(21)10(2)24-13-6-4-3-5-12(13)16(17,18)19/h3-6,9-11H,7-8H2,1-2H3,(H,22,23). The lowest BCUT2D eigenvalue weighted by atomic mass is 10.0. The van der Waals surface area contributed by atoms with Gasteiger partial charge in [-0.1, -0.05) is 12.1 Å². The zero-order valence-corrected chi connectivity index (χ0v) is 13.2. The third-order valence-corrected chi connectivity index (χ3v) is 4.20. The summed E-state index contributed by atoms with van der Waals surface area (Å²) < 4.78 is 44.1. The number of rotatable bonds is 4. The molecule has 132 valence electrons. The fraction of sp³-hybridized carbons (Fsp3) is 0.500. The van der Waals surface area contributed by atoms with Gasteiger partial charge in [0.1, 0.15) is 5.75 Å². The molecular formula is C16H18F3NO4. The van der Waals surface area contributed by atoms with E-state index in [1.54, 1.807) is 6.92 Å². The van der Waals surface area contributed by atoms with Crippen LogP contribution in [0.4, 0.5) is 13.2 Å². The molecule has 5 nitrogen and oxygen atoms in total. The molecule has 1 aliphatic heterocycles. The minimum absolute atomic E-state index is 0.242. The Morgan fingerprint density at radius 2 is 1.96 bits per heavy atom. The molecule has 1 saturated heterocycles. The van der Waals surface area contributed by atoms with Crippen molar-refractivity contribution in [2.24, 2.45) is 5.92 Å². The largest absolute Gasteiger partial charge is 0.481 e. The molecule has 1 N–H and O–H groups in total. The van der Waals surface area contributed by atoms with Gasteiger partial charge in [0.05, 0.1) is 11.5 Å². The van der Waals surface area contributed by atoms with Crippen molar-refractivity contribution in [2.75, 3.05) is 6.54 Å². The lowest BCUT2D eigenvalue weighted by Gasteiger charge is -2.27. The van der Waals surface area contributed by atoms with Crippen LogP contribution < -0.4 is 4.74 Å². The van der Waals surface area contributed by atoms with Crippen molar-refractivity contribution in [1.82, 2.24) is 4.90 Å². The number of likely N-dealkylation sites (tertiary alicyclic amines) is 1. The van der Waals surface area contributed by atoms with E-state index in [1.165, 1.54) is 24.0 Å². The molecule has 3 unspecified atom stereocenters. The molecule has 0 saturated carbocycles. The summed E-state index contributed by atoms with van der Waals surface area (Å²) in [7, 11) is 0. The van der Waals surface area contributed by atoms with E-state index in [-0.39, 0.29) is 6.54 Å². The van der Waals surface area contributed by atoms with E-state index in [0.29, 0.717) is 6.42 Å². The number of carboxylic acid groups (broad SMARTS) is 1. The van der Waals surface area contributed by atoms with Crippen LogP contribution in [0.25, 0.3) is 0 Å². The molecule has 24 heavy (non-hydrogen) atoms. The number of benzene rings is 1. The number of nitrogens with zero attached hydrogens (tertiary/aromatic N) is 1. The highest BCUT2D eigenvalue weighted by Crippen LogP contribution is 2.36. The molecule has 2 rings (SSSR count). The van der Waals surface area contributed by atoms with Gasteiger partial charge in [-0.2, -0.15) is 13.2 Å². The first kappa shape index (κ1) is 18.1. The van der Waals surface area contributed by atoms with Gasteiger partial charge in [-0.3, -0.25) is 9.59 Å². The van der Waals surface area contributed by atoms with Crippen LogP contribution in [0.1, 0.15) is 25.8 Å². The molecule has 1 fully saturated rings. The van der Waals surface area contributed by atoms with Crippen LogP contribution >= 0.6 is 0 Å². The van der Waals surface area contributed by atoms with Gasteiger partial charge < -0.3 is 14.7 Å². The summed E-state index contributed by atoms with van der Waals surface area (Å²) >= 11 is 0. The van der Waals surface area contributed by atoms with Gasteiger partial charge in [-0.15, -0.1) is 0 Å². The molecule has 1 aliphatic rings. The number of ether oxygens (including phenoxy) is 1. The Balaban J connectivity index is 2.12. The number of hydrogen-bond acceptors (Lipinski definition) is 3. The smallest absolute Gasteiger partial charge is 0.419 e. The fourth-order valence-corrected chi connectivity index (χ4v) is 2.86. The maximum Gasteiger partial charge on any atom is 0.419 e. The van der Waals surface area contributed by atoms with Crippen LogP contribution in [0.5, 0.6) is 5.75 Å². The van der Waals surface area contributed by atoms with Crippen molar-refractivity contribution in [3.63, 3.8) is 0 Å². The first-order chi connectivity index (χ1) is 11.1. The van der Waals surface area contributed by atoms with Crippen molar-refractivity contribution >= 4 is 11.9 Å². The molecule has 1 amide bonds. The number of halogens is 3. The fourth-order valence-electron chi connectivity index (χ4n) is 2.86. The molecule has 1 aromatic rings. The van der Waals surface area contributed by atoms with Crippen molar-refractivity contribution in [3.05, 3.63) is 29.8 Å². The van der Waals surface area contributed by atoms with E-state index in [2.05, 4.69) is 0 Å². The number of para-hydroxylation sites is 1. The molecule has 8 heteroatoms. The maximum absolute atomic E-state index is 13.0. The Kier molecular flexibility index (Phi) is 5.05. The predicted octanol–water partition coefficient (Wildman–Crippen LogP) is 2.79. The second kappa shape index (κ2) is 6.70.